The third-order valence-corrected chi connectivity index (χ3v) is 3.47. The monoisotopic (exact) mass is 249 g/mol. The van der Waals surface area contributed by atoms with Crippen LogP contribution in [0.15, 0.2) is 30.3 Å². The second-order valence-electron chi connectivity index (χ2n) is 4.91. The van der Waals surface area contributed by atoms with E-state index in [1.165, 1.54) is 0 Å². The molecule has 0 saturated heterocycles. The Morgan fingerprint density at radius 1 is 1.39 bits per heavy atom. The smallest absolute Gasteiger partial charge is 0.335 e. The van der Waals surface area contributed by atoms with Crippen molar-refractivity contribution in [2.45, 2.75) is 37.3 Å². The minimum atomic E-state index is -0.964. The van der Waals surface area contributed by atoms with Gasteiger partial charge in [-0.3, -0.25) is 0 Å². The van der Waals surface area contributed by atoms with Crippen molar-refractivity contribution in [2.24, 2.45) is 5.73 Å². The van der Waals surface area contributed by atoms with E-state index in [0.29, 0.717) is 25.9 Å². The average Bonchev–Trinajstić information content (AvgIpc) is 2.28. The third kappa shape index (κ3) is 2.89. The Balaban J connectivity index is 1.81. The van der Waals surface area contributed by atoms with Gasteiger partial charge in [0.1, 0.15) is 0 Å². The van der Waals surface area contributed by atoms with E-state index in [1.807, 2.05) is 30.3 Å². The van der Waals surface area contributed by atoms with Crippen LogP contribution in [0, 0.1) is 0 Å². The third-order valence-electron chi connectivity index (χ3n) is 3.47. The number of benzene rings is 1. The molecule has 1 aliphatic rings. The maximum Gasteiger partial charge on any atom is 0.335 e. The highest BCUT2D eigenvalue weighted by Gasteiger charge is 2.45. The molecule has 0 bridgehead atoms. The Kier molecular flexibility index (Phi) is 3.99. The summed E-state index contributed by atoms with van der Waals surface area (Å²) >= 11 is 0. The van der Waals surface area contributed by atoms with Crippen molar-refractivity contribution in [3.8, 4) is 0 Å². The first-order chi connectivity index (χ1) is 8.62. The van der Waals surface area contributed by atoms with Crippen molar-refractivity contribution in [1.29, 1.82) is 0 Å². The highest BCUT2D eigenvalue weighted by atomic mass is 16.5. The number of rotatable bonds is 6. The van der Waals surface area contributed by atoms with E-state index in [4.69, 9.17) is 15.6 Å². The van der Waals surface area contributed by atoms with Crippen LogP contribution < -0.4 is 5.73 Å². The van der Waals surface area contributed by atoms with Crippen molar-refractivity contribution in [3.05, 3.63) is 35.9 Å². The van der Waals surface area contributed by atoms with Crippen LogP contribution in [0.3, 0.4) is 0 Å². The summed E-state index contributed by atoms with van der Waals surface area (Å²) in [5.41, 5.74) is 6.15. The molecule has 1 fully saturated rings. The molecule has 0 amide bonds. The quantitative estimate of drug-likeness (QED) is 0.803. The zero-order valence-electron chi connectivity index (χ0n) is 10.3. The zero-order chi connectivity index (χ0) is 13.0. The van der Waals surface area contributed by atoms with E-state index in [0.717, 1.165) is 12.0 Å². The summed E-state index contributed by atoms with van der Waals surface area (Å²) in [4.78, 5) is 11.1. The summed E-state index contributed by atoms with van der Waals surface area (Å²) in [5, 5.41) is 9.12. The Morgan fingerprint density at radius 2 is 2.06 bits per heavy atom. The molecule has 3 N–H and O–H groups in total. The van der Waals surface area contributed by atoms with Gasteiger partial charge in [-0.1, -0.05) is 30.3 Å². The fourth-order valence-corrected chi connectivity index (χ4v) is 2.16. The number of carboxylic acids is 1. The van der Waals surface area contributed by atoms with E-state index >= 15 is 0 Å². The summed E-state index contributed by atoms with van der Waals surface area (Å²) in [5.74, 6) is -0.860. The van der Waals surface area contributed by atoms with Gasteiger partial charge in [0.15, 0.2) is 5.60 Å². The van der Waals surface area contributed by atoms with Gasteiger partial charge in [-0.05, 0) is 31.2 Å². The predicted molar refractivity (Wildman–Crippen MR) is 68.3 cm³/mol. The largest absolute Gasteiger partial charge is 0.479 e. The molecule has 0 spiro atoms. The fourth-order valence-electron chi connectivity index (χ4n) is 2.16. The van der Waals surface area contributed by atoms with Gasteiger partial charge in [-0.15, -0.1) is 0 Å². The highest BCUT2D eigenvalue weighted by molar-refractivity contribution is 5.78. The Hall–Kier alpha value is -1.39. The molecule has 4 heteroatoms. The van der Waals surface area contributed by atoms with Crippen molar-refractivity contribution in [2.75, 3.05) is 6.61 Å². The highest BCUT2D eigenvalue weighted by Crippen LogP contribution is 2.35. The van der Waals surface area contributed by atoms with E-state index in [9.17, 15) is 4.79 Å². The molecule has 0 aliphatic heterocycles. The van der Waals surface area contributed by atoms with Gasteiger partial charge in [0.2, 0.25) is 0 Å². The van der Waals surface area contributed by atoms with Crippen LogP contribution in [0.5, 0.6) is 0 Å². The topological polar surface area (TPSA) is 72.5 Å². The van der Waals surface area contributed by atoms with Gasteiger partial charge in [0.25, 0.3) is 0 Å². The lowest BCUT2D eigenvalue weighted by Gasteiger charge is -2.38. The minimum Gasteiger partial charge on any atom is -0.479 e. The number of aliphatic carboxylic acids is 1. The van der Waals surface area contributed by atoms with Crippen LogP contribution in [0.1, 0.15) is 24.8 Å². The van der Waals surface area contributed by atoms with Crippen LogP contribution in [0.4, 0.5) is 0 Å². The second-order valence-corrected chi connectivity index (χ2v) is 4.91. The summed E-state index contributed by atoms with van der Waals surface area (Å²) in [7, 11) is 0. The van der Waals surface area contributed by atoms with Crippen LogP contribution in [-0.2, 0) is 16.0 Å². The maximum atomic E-state index is 11.1. The number of hydrogen-bond acceptors (Lipinski definition) is 3. The summed E-state index contributed by atoms with van der Waals surface area (Å²) in [6.45, 7) is 0.293. The molecule has 0 unspecified atom stereocenters. The Bertz CT molecular complexity index is 401. The first-order valence-electron chi connectivity index (χ1n) is 6.29. The average molecular weight is 249 g/mol. The first-order valence-corrected chi connectivity index (χ1v) is 6.29. The lowest BCUT2D eigenvalue weighted by atomic mass is 9.80. The molecular formula is C14H19NO3. The first kappa shape index (κ1) is 13.1. The lowest BCUT2D eigenvalue weighted by Crippen LogP contribution is -2.50. The van der Waals surface area contributed by atoms with Crippen molar-refractivity contribution in [1.82, 2.24) is 0 Å². The van der Waals surface area contributed by atoms with Gasteiger partial charge in [-0.2, -0.15) is 0 Å². The number of carbonyl (C=O) groups is 1. The molecule has 1 aromatic rings. The molecule has 18 heavy (non-hydrogen) atoms. The number of ether oxygens (including phenoxy) is 1. The molecule has 1 aromatic carbocycles. The SMILES string of the molecule is N[C@H](COC1(C(=O)O)CCC1)Cc1ccccc1. The van der Waals surface area contributed by atoms with Gasteiger partial charge in [0, 0.05) is 6.04 Å². The molecule has 4 nitrogen and oxygen atoms in total. The summed E-state index contributed by atoms with van der Waals surface area (Å²) in [6, 6.07) is 9.75. The molecule has 1 saturated carbocycles. The molecule has 1 aliphatic carbocycles. The van der Waals surface area contributed by atoms with Crippen molar-refractivity contribution < 1.29 is 14.6 Å². The summed E-state index contributed by atoms with van der Waals surface area (Å²) < 4.78 is 5.54. The molecule has 0 aromatic heterocycles. The van der Waals surface area contributed by atoms with Crippen molar-refractivity contribution >= 4 is 5.97 Å². The van der Waals surface area contributed by atoms with Gasteiger partial charge >= 0.3 is 5.97 Å². The van der Waals surface area contributed by atoms with E-state index in [-0.39, 0.29) is 6.04 Å². The molecule has 98 valence electrons. The minimum absolute atomic E-state index is 0.163. The molecular weight excluding hydrogens is 230 g/mol. The molecule has 0 heterocycles. The van der Waals surface area contributed by atoms with E-state index in [1.54, 1.807) is 0 Å². The Morgan fingerprint density at radius 3 is 2.56 bits per heavy atom. The van der Waals surface area contributed by atoms with E-state index in [2.05, 4.69) is 0 Å². The lowest BCUT2D eigenvalue weighted by molar-refractivity contribution is -0.179. The number of carboxylic acid groups (broad SMARTS) is 1. The zero-order valence-corrected chi connectivity index (χ0v) is 10.3. The van der Waals surface area contributed by atoms with Crippen molar-refractivity contribution in [3.63, 3.8) is 0 Å². The van der Waals surface area contributed by atoms with Crippen LogP contribution in [-0.4, -0.2) is 29.3 Å². The van der Waals surface area contributed by atoms with Gasteiger partial charge in [-0.25, -0.2) is 4.79 Å². The van der Waals surface area contributed by atoms with E-state index < -0.39 is 11.6 Å². The van der Waals surface area contributed by atoms with Crippen LogP contribution in [0.2, 0.25) is 0 Å². The van der Waals surface area contributed by atoms with Crippen LogP contribution >= 0.6 is 0 Å². The Labute approximate surface area is 107 Å². The second kappa shape index (κ2) is 5.50. The van der Waals surface area contributed by atoms with Crippen LogP contribution in [0.25, 0.3) is 0 Å². The predicted octanol–water partition coefficient (Wildman–Crippen LogP) is 1.58. The normalized spacial score (nSPS) is 18.9. The van der Waals surface area contributed by atoms with Gasteiger partial charge in [0.05, 0.1) is 6.61 Å². The number of hydrogen-bond donors (Lipinski definition) is 2. The molecule has 0 radical (unpaired) electrons. The standard InChI is InChI=1S/C14H19NO3/c15-12(9-11-5-2-1-3-6-11)10-18-14(13(16)17)7-4-8-14/h1-3,5-6,12H,4,7-10,15H2,(H,16,17)/t12-/m0/s1. The number of nitrogens with two attached hydrogens (primary N) is 1. The van der Waals surface area contributed by atoms with Gasteiger partial charge < -0.3 is 15.6 Å². The summed E-state index contributed by atoms with van der Waals surface area (Å²) in [6.07, 6.45) is 2.82. The maximum absolute atomic E-state index is 11.1. The molecule has 1 atom stereocenters. The fraction of sp³-hybridized carbons (Fsp3) is 0.500. The molecule has 2 rings (SSSR count).